The smallest absolute Gasteiger partial charge is 0.0951 e. The third kappa shape index (κ3) is 2.14. The van der Waals surface area contributed by atoms with E-state index in [2.05, 4.69) is 21.6 Å². The number of nitrogens with zero attached hydrogens (tertiary/aromatic N) is 4. The minimum atomic E-state index is 0.00238. The third-order valence-corrected chi connectivity index (χ3v) is 2.65. The van der Waals surface area contributed by atoms with Crippen molar-refractivity contribution in [1.82, 2.24) is 19.3 Å². The van der Waals surface area contributed by atoms with E-state index in [1.807, 2.05) is 36.4 Å². The van der Waals surface area contributed by atoms with Gasteiger partial charge in [0.1, 0.15) is 0 Å². The largest absolute Gasteiger partial charge is 0.328 e. The van der Waals surface area contributed by atoms with Crippen molar-refractivity contribution in [2.24, 2.45) is 5.73 Å². The molecule has 2 aromatic heterocycles. The van der Waals surface area contributed by atoms with E-state index >= 15 is 0 Å². The monoisotopic (exact) mass is 219 g/mol. The summed E-state index contributed by atoms with van der Waals surface area (Å²) in [6.45, 7) is 4.92. The third-order valence-electron chi connectivity index (χ3n) is 2.65. The van der Waals surface area contributed by atoms with Crippen molar-refractivity contribution in [3.63, 3.8) is 0 Å². The highest BCUT2D eigenvalue weighted by molar-refractivity contribution is 5.04. The molecule has 0 spiro atoms. The Morgan fingerprint density at radius 3 is 2.88 bits per heavy atom. The molecule has 2 unspecified atom stereocenters. The maximum Gasteiger partial charge on any atom is 0.0951 e. The summed E-state index contributed by atoms with van der Waals surface area (Å²) in [5, 5.41) is 4.19. The number of nitrogens with two attached hydrogens (primary N) is 1. The highest BCUT2D eigenvalue weighted by atomic mass is 15.3. The molecule has 0 amide bonds. The summed E-state index contributed by atoms with van der Waals surface area (Å²) in [6, 6.07) is 2.22. The predicted molar refractivity (Wildman–Crippen MR) is 61.8 cm³/mol. The zero-order valence-electron chi connectivity index (χ0n) is 9.61. The van der Waals surface area contributed by atoms with Crippen LogP contribution in [-0.4, -0.2) is 19.3 Å². The van der Waals surface area contributed by atoms with Gasteiger partial charge >= 0.3 is 0 Å². The van der Waals surface area contributed by atoms with Crippen molar-refractivity contribution in [1.29, 1.82) is 0 Å². The van der Waals surface area contributed by atoms with Gasteiger partial charge in [-0.2, -0.15) is 5.10 Å². The standard InChI is InChI=1S/C11H17N5/c1-9(7-15-5-3-4-14-15)16-8-13-6-11(16)10(2)12/h3-6,8-10H,7,12H2,1-2H3. The van der Waals surface area contributed by atoms with E-state index in [0.29, 0.717) is 6.04 Å². The average Bonchev–Trinajstić information content (AvgIpc) is 2.86. The molecule has 0 aliphatic carbocycles. The Kier molecular flexibility index (Phi) is 3.05. The second-order valence-electron chi connectivity index (χ2n) is 4.09. The van der Waals surface area contributed by atoms with Gasteiger partial charge in [0.2, 0.25) is 0 Å². The van der Waals surface area contributed by atoms with E-state index in [4.69, 9.17) is 5.73 Å². The molecule has 2 heterocycles. The number of rotatable bonds is 4. The summed E-state index contributed by atoms with van der Waals surface area (Å²) >= 11 is 0. The molecule has 5 nitrogen and oxygen atoms in total. The Hall–Kier alpha value is -1.62. The molecule has 0 aromatic carbocycles. The van der Waals surface area contributed by atoms with Crippen molar-refractivity contribution >= 4 is 0 Å². The first-order chi connectivity index (χ1) is 7.68. The fourth-order valence-electron chi connectivity index (χ4n) is 1.80. The van der Waals surface area contributed by atoms with Crippen LogP contribution < -0.4 is 5.73 Å². The van der Waals surface area contributed by atoms with Crippen LogP contribution in [0.3, 0.4) is 0 Å². The molecule has 0 fully saturated rings. The van der Waals surface area contributed by atoms with Crippen molar-refractivity contribution in [3.05, 3.63) is 36.7 Å². The maximum absolute atomic E-state index is 5.89. The van der Waals surface area contributed by atoms with Crippen LogP contribution in [0.4, 0.5) is 0 Å². The second kappa shape index (κ2) is 4.49. The predicted octanol–water partition coefficient (Wildman–Crippen LogP) is 1.36. The lowest BCUT2D eigenvalue weighted by Crippen LogP contribution is -2.18. The number of aromatic nitrogens is 4. The van der Waals surface area contributed by atoms with Gasteiger partial charge in [-0.1, -0.05) is 0 Å². The number of hydrogen-bond donors (Lipinski definition) is 1. The molecule has 0 radical (unpaired) electrons. The van der Waals surface area contributed by atoms with Crippen LogP contribution in [0.5, 0.6) is 0 Å². The van der Waals surface area contributed by atoms with Crippen molar-refractivity contribution in [3.8, 4) is 0 Å². The van der Waals surface area contributed by atoms with Gasteiger partial charge in [0.15, 0.2) is 0 Å². The molecule has 86 valence electrons. The molecule has 2 aromatic rings. The van der Waals surface area contributed by atoms with Gasteiger partial charge < -0.3 is 10.3 Å². The van der Waals surface area contributed by atoms with Gasteiger partial charge in [-0.15, -0.1) is 0 Å². The first kappa shape index (κ1) is 10.9. The molecule has 2 atom stereocenters. The van der Waals surface area contributed by atoms with Gasteiger partial charge in [0.25, 0.3) is 0 Å². The Morgan fingerprint density at radius 1 is 1.44 bits per heavy atom. The summed E-state index contributed by atoms with van der Waals surface area (Å²) in [5.74, 6) is 0. The quantitative estimate of drug-likeness (QED) is 0.844. The molecule has 0 saturated carbocycles. The van der Waals surface area contributed by atoms with Gasteiger partial charge in [0.05, 0.1) is 24.6 Å². The molecule has 0 bridgehead atoms. The van der Waals surface area contributed by atoms with Crippen LogP contribution in [0.2, 0.25) is 0 Å². The van der Waals surface area contributed by atoms with E-state index in [1.54, 1.807) is 6.20 Å². The molecule has 16 heavy (non-hydrogen) atoms. The summed E-state index contributed by atoms with van der Waals surface area (Å²) in [7, 11) is 0. The maximum atomic E-state index is 5.89. The van der Waals surface area contributed by atoms with Gasteiger partial charge in [-0.05, 0) is 19.9 Å². The molecule has 2 N–H and O–H groups in total. The lowest BCUT2D eigenvalue weighted by molar-refractivity contribution is 0.422. The Labute approximate surface area is 94.9 Å². The summed E-state index contributed by atoms with van der Waals surface area (Å²) < 4.78 is 4.02. The molecule has 0 saturated heterocycles. The Balaban J connectivity index is 2.14. The topological polar surface area (TPSA) is 61.7 Å². The minimum absolute atomic E-state index is 0.00238. The molecular formula is C11H17N5. The number of imidazole rings is 1. The van der Waals surface area contributed by atoms with Crippen LogP contribution in [0, 0.1) is 0 Å². The minimum Gasteiger partial charge on any atom is -0.328 e. The zero-order valence-corrected chi connectivity index (χ0v) is 9.61. The molecular weight excluding hydrogens is 202 g/mol. The highest BCUT2D eigenvalue weighted by Crippen LogP contribution is 2.16. The molecule has 0 aliphatic heterocycles. The average molecular weight is 219 g/mol. The van der Waals surface area contributed by atoms with E-state index in [1.165, 1.54) is 0 Å². The van der Waals surface area contributed by atoms with Crippen molar-refractivity contribution in [2.75, 3.05) is 0 Å². The van der Waals surface area contributed by atoms with Gasteiger partial charge in [-0.25, -0.2) is 4.98 Å². The summed E-state index contributed by atoms with van der Waals surface area (Å²) in [6.07, 6.45) is 7.39. The van der Waals surface area contributed by atoms with E-state index in [-0.39, 0.29) is 6.04 Å². The SMILES string of the molecule is CC(N)c1cncn1C(C)Cn1cccn1. The summed E-state index contributed by atoms with van der Waals surface area (Å²) in [5.41, 5.74) is 6.94. The van der Waals surface area contributed by atoms with Crippen LogP contribution in [0.1, 0.15) is 31.6 Å². The fourth-order valence-corrected chi connectivity index (χ4v) is 1.80. The van der Waals surface area contributed by atoms with Crippen molar-refractivity contribution in [2.45, 2.75) is 32.5 Å². The van der Waals surface area contributed by atoms with E-state index in [9.17, 15) is 0 Å². The first-order valence-electron chi connectivity index (χ1n) is 5.43. The lowest BCUT2D eigenvalue weighted by Gasteiger charge is -2.18. The van der Waals surface area contributed by atoms with Crippen LogP contribution >= 0.6 is 0 Å². The van der Waals surface area contributed by atoms with Gasteiger partial charge in [0, 0.05) is 24.6 Å². The second-order valence-corrected chi connectivity index (χ2v) is 4.09. The molecule has 2 rings (SSSR count). The highest BCUT2D eigenvalue weighted by Gasteiger charge is 2.12. The zero-order chi connectivity index (χ0) is 11.5. The first-order valence-corrected chi connectivity index (χ1v) is 5.43. The van der Waals surface area contributed by atoms with Crippen LogP contribution in [-0.2, 0) is 6.54 Å². The van der Waals surface area contributed by atoms with Crippen LogP contribution in [0.15, 0.2) is 31.0 Å². The van der Waals surface area contributed by atoms with Gasteiger partial charge in [-0.3, -0.25) is 4.68 Å². The number of hydrogen-bond acceptors (Lipinski definition) is 3. The summed E-state index contributed by atoms with van der Waals surface area (Å²) in [4.78, 5) is 4.15. The molecule has 0 aliphatic rings. The van der Waals surface area contributed by atoms with E-state index < -0.39 is 0 Å². The fraction of sp³-hybridized carbons (Fsp3) is 0.455. The van der Waals surface area contributed by atoms with E-state index in [0.717, 1.165) is 12.2 Å². The molecule has 5 heteroatoms. The van der Waals surface area contributed by atoms with Crippen LogP contribution in [0.25, 0.3) is 0 Å². The van der Waals surface area contributed by atoms with Crippen molar-refractivity contribution < 1.29 is 0 Å². The Bertz CT molecular complexity index is 429. The Morgan fingerprint density at radius 2 is 2.25 bits per heavy atom. The lowest BCUT2D eigenvalue weighted by atomic mass is 10.2. The normalized spacial score (nSPS) is 14.9.